The number of rotatable bonds is 4. The zero-order chi connectivity index (χ0) is 14.0. The molecule has 19 heavy (non-hydrogen) atoms. The molecule has 0 aliphatic carbocycles. The van der Waals surface area contributed by atoms with Crippen LogP contribution in [0.1, 0.15) is 24.2 Å². The molecule has 3 N–H and O–H groups in total. The fraction of sp³-hybridized carbons (Fsp3) is 0.357. The van der Waals surface area contributed by atoms with Crippen LogP contribution < -0.4 is 0 Å². The number of carbonyl (C=O) groups is 1. The summed E-state index contributed by atoms with van der Waals surface area (Å²) in [6, 6.07) is 5.72. The summed E-state index contributed by atoms with van der Waals surface area (Å²) in [6.07, 6.45) is -1.30. The average molecular weight is 263 g/mol. The molecular weight excluding hydrogens is 246 g/mol. The molecule has 0 saturated carbocycles. The Morgan fingerprint density at radius 3 is 2.84 bits per heavy atom. The van der Waals surface area contributed by atoms with Gasteiger partial charge >= 0.3 is 5.97 Å². The fourth-order valence-corrected chi connectivity index (χ4v) is 2.03. The second kappa shape index (κ2) is 5.42. The third-order valence-corrected chi connectivity index (χ3v) is 3.02. The number of H-pyrrole nitrogens is 1. The number of aliphatic hydroxyl groups excluding tert-OH is 2. The lowest BCUT2D eigenvalue weighted by molar-refractivity contribution is -0.159. The van der Waals surface area contributed by atoms with E-state index in [9.17, 15) is 15.0 Å². The molecule has 2 atom stereocenters. The number of carbonyl (C=O) groups excluding carboxylic acids is 1. The minimum atomic E-state index is -1.58. The van der Waals surface area contributed by atoms with Crippen molar-refractivity contribution in [2.45, 2.75) is 26.1 Å². The molecule has 0 amide bonds. The molecule has 0 radical (unpaired) electrons. The number of hydrogen-bond donors (Lipinski definition) is 3. The lowest BCUT2D eigenvalue weighted by atomic mass is 10.0. The van der Waals surface area contributed by atoms with E-state index >= 15 is 0 Å². The topological polar surface area (TPSA) is 82.6 Å². The van der Waals surface area contributed by atoms with Gasteiger partial charge in [0, 0.05) is 22.7 Å². The van der Waals surface area contributed by atoms with Gasteiger partial charge in [-0.25, -0.2) is 4.79 Å². The van der Waals surface area contributed by atoms with Crippen LogP contribution >= 0.6 is 0 Å². The van der Waals surface area contributed by atoms with Gasteiger partial charge in [0.05, 0.1) is 6.61 Å². The summed E-state index contributed by atoms with van der Waals surface area (Å²) in [4.78, 5) is 14.4. The van der Waals surface area contributed by atoms with Gasteiger partial charge in [0.15, 0.2) is 6.10 Å². The van der Waals surface area contributed by atoms with E-state index < -0.39 is 18.2 Å². The van der Waals surface area contributed by atoms with Gasteiger partial charge in [-0.1, -0.05) is 11.6 Å². The SMILES string of the molecule is CCOC(=O)C(O)C(O)c1c[nH]c2ccc(C)cc12. The molecule has 0 bridgehead atoms. The molecule has 2 rings (SSSR count). The standard InChI is InChI=1S/C14H17NO4/c1-3-19-14(18)13(17)12(16)10-7-15-11-5-4-8(2)6-9(10)11/h4-7,12-13,15-17H,3H2,1-2H3. The van der Waals surface area contributed by atoms with E-state index in [2.05, 4.69) is 4.98 Å². The van der Waals surface area contributed by atoms with Crippen molar-refractivity contribution >= 4 is 16.9 Å². The second-order valence-corrected chi connectivity index (χ2v) is 4.43. The highest BCUT2D eigenvalue weighted by Crippen LogP contribution is 2.27. The number of hydrogen-bond acceptors (Lipinski definition) is 4. The van der Waals surface area contributed by atoms with Crippen molar-refractivity contribution in [2.24, 2.45) is 0 Å². The molecule has 0 aliphatic rings. The second-order valence-electron chi connectivity index (χ2n) is 4.43. The summed E-state index contributed by atoms with van der Waals surface area (Å²) in [7, 11) is 0. The van der Waals surface area contributed by atoms with Gasteiger partial charge < -0.3 is 19.9 Å². The first-order valence-electron chi connectivity index (χ1n) is 6.15. The predicted octanol–water partition coefficient (Wildman–Crippen LogP) is 1.43. The van der Waals surface area contributed by atoms with Crippen molar-refractivity contribution in [2.75, 3.05) is 6.61 Å². The van der Waals surface area contributed by atoms with Crippen molar-refractivity contribution in [3.8, 4) is 0 Å². The minimum absolute atomic E-state index is 0.162. The Kier molecular flexibility index (Phi) is 3.87. The zero-order valence-corrected chi connectivity index (χ0v) is 10.9. The highest BCUT2D eigenvalue weighted by molar-refractivity contribution is 5.85. The summed E-state index contributed by atoms with van der Waals surface area (Å²) in [5, 5.41) is 20.7. The first-order valence-corrected chi connectivity index (χ1v) is 6.15. The number of aromatic amines is 1. The summed E-state index contributed by atoms with van der Waals surface area (Å²) < 4.78 is 4.70. The van der Waals surface area contributed by atoms with Crippen LogP contribution in [-0.4, -0.2) is 33.9 Å². The van der Waals surface area contributed by atoms with Crippen LogP contribution in [0.2, 0.25) is 0 Å². The van der Waals surface area contributed by atoms with E-state index in [1.165, 1.54) is 0 Å². The van der Waals surface area contributed by atoms with Crippen LogP contribution in [0.3, 0.4) is 0 Å². The van der Waals surface area contributed by atoms with E-state index in [4.69, 9.17) is 4.74 Å². The first-order chi connectivity index (χ1) is 9.04. The highest BCUT2D eigenvalue weighted by atomic mass is 16.5. The van der Waals surface area contributed by atoms with Gasteiger partial charge in [0.2, 0.25) is 0 Å². The van der Waals surface area contributed by atoms with Crippen molar-refractivity contribution in [3.63, 3.8) is 0 Å². The van der Waals surface area contributed by atoms with Crippen LogP contribution in [0, 0.1) is 6.92 Å². The van der Waals surface area contributed by atoms with E-state index in [1.54, 1.807) is 13.1 Å². The maximum atomic E-state index is 11.4. The van der Waals surface area contributed by atoms with Crippen LogP contribution in [0.25, 0.3) is 10.9 Å². The lowest BCUT2D eigenvalue weighted by Crippen LogP contribution is -2.29. The minimum Gasteiger partial charge on any atom is -0.464 e. The quantitative estimate of drug-likeness (QED) is 0.729. The van der Waals surface area contributed by atoms with E-state index in [1.807, 2.05) is 25.1 Å². The molecule has 102 valence electrons. The van der Waals surface area contributed by atoms with Gasteiger partial charge in [-0.3, -0.25) is 0 Å². The predicted molar refractivity (Wildman–Crippen MR) is 70.6 cm³/mol. The van der Waals surface area contributed by atoms with Gasteiger partial charge in [0.25, 0.3) is 0 Å². The average Bonchev–Trinajstić information content (AvgIpc) is 2.80. The Hall–Kier alpha value is -1.85. The lowest BCUT2D eigenvalue weighted by Gasteiger charge is -2.16. The summed E-state index contributed by atoms with van der Waals surface area (Å²) in [5.41, 5.74) is 2.36. The molecule has 5 nitrogen and oxygen atoms in total. The molecule has 0 spiro atoms. The van der Waals surface area contributed by atoms with E-state index in [0.29, 0.717) is 5.56 Å². The number of benzene rings is 1. The molecule has 2 aromatic rings. The maximum absolute atomic E-state index is 11.4. The Balaban J connectivity index is 2.33. The van der Waals surface area contributed by atoms with Crippen LogP contribution in [-0.2, 0) is 9.53 Å². The Labute approximate surface area is 110 Å². The Bertz CT molecular complexity index is 590. The molecule has 0 aliphatic heterocycles. The summed E-state index contributed by atoms with van der Waals surface area (Å²) in [5.74, 6) is -0.822. The first kappa shape index (κ1) is 13.6. The largest absolute Gasteiger partial charge is 0.464 e. The molecule has 5 heteroatoms. The van der Waals surface area contributed by atoms with Crippen molar-refractivity contribution in [3.05, 3.63) is 35.5 Å². The van der Waals surface area contributed by atoms with Crippen molar-refractivity contribution in [1.82, 2.24) is 4.98 Å². The molecule has 1 aromatic carbocycles. The molecular formula is C14H17NO4. The van der Waals surface area contributed by atoms with Crippen molar-refractivity contribution in [1.29, 1.82) is 0 Å². The molecule has 0 saturated heterocycles. The molecule has 1 heterocycles. The highest BCUT2D eigenvalue weighted by Gasteiger charge is 2.28. The van der Waals surface area contributed by atoms with E-state index in [-0.39, 0.29) is 6.61 Å². The maximum Gasteiger partial charge on any atom is 0.338 e. The van der Waals surface area contributed by atoms with Crippen LogP contribution in [0.15, 0.2) is 24.4 Å². The molecule has 2 unspecified atom stereocenters. The summed E-state index contributed by atoms with van der Waals surface area (Å²) >= 11 is 0. The van der Waals surface area contributed by atoms with Crippen LogP contribution in [0.4, 0.5) is 0 Å². The summed E-state index contributed by atoms with van der Waals surface area (Å²) in [6.45, 7) is 3.74. The monoisotopic (exact) mass is 263 g/mol. The normalized spacial score (nSPS) is 14.3. The smallest absolute Gasteiger partial charge is 0.338 e. The van der Waals surface area contributed by atoms with Crippen LogP contribution in [0.5, 0.6) is 0 Å². The number of esters is 1. The third kappa shape index (κ3) is 2.62. The zero-order valence-electron chi connectivity index (χ0n) is 10.9. The number of nitrogens with one attached hydrogen (secondary N) is 1. The number of fused-ring (bicyclic) bond motifs is 1. The van der Waals surface area contributed by atoms with Gasteiger partial charge in [-0.05, 0) is 26.0 Å². The van der Waals surface area contributed by atoms with Crippen molar-refractivity contribution < 1.29 is 19.7 Å². The fourth-order valence-electron chi connectivity index (χ4n) is 2.03. The van der Waals surface area contributed by atoms with E-state index in [0.717, 1.165) is 16.5 Å². The number of aryl methyl sites for hydroxylation is 1. The molecule has 1 aromatic heterocycles. The van der Waals surface area contributed by atoms with Gasteiger partial charge in [0.1, 0.15) is 6.10 Å². The van der Waals surface area contributed by atoms with Gasteiger partial charge in [-0.15, -0.1) is 0 Å². The molecule has 0 fully saturated rings. The number of aliphatic hydroxyl groups is 2. The Morgan fingerprint density at radius 1 is 1.42 bits per heavy atom. The third-order valence-electron chi connectivity index (χ3n) is 3.02. The number of ether oxygens (including phenoxy) is 1. The van der Waals surface area contributed by atoms with Gasteiger partial charge in [-0.2, -0.15) is 0 Å². The number of aromatic nitrogens is 1. The Morgan fingerprint density at radius 2 is 2.16 bits per heavy atom.